The van der Waals surface area contributed by atoms with E-state index in [0.29, 0.717) is 0 Å². The number of nitrogens with zero attached hydrogens (tertiary/aromatic N) is 1. The summed E-state index contributed by atoms with van der Waals surface area (Å²) >= 11 is 4.10. The third-order valence-corrected chi connectivity index (χ3v) is 2.59. The number of rotatable bonds is 1. The number of hydrogen-bond acceptors (Lipinski definition) is 4. The lowest BCUT2D eigenvalue weighted by Gasteiger charge is -2.12. The first-order valence-electron chi connectivity index (χ1n) is 3.07. The van der Waals surface area contributed by atoms with E-state index in [2.05, 4.69) is 16.0 Å². The maximum Gasteiger partial charge on any atom is 0.0603 e. The molecule has 0 saturated carbocycles. The highest BCUT2D eigenvalue weighted by atomic mass is 33.1. The maximum absolute atomic E-state index is 5.24. The standard InChI is InChI=1S/C5H11NOS2/c8-9-6-2-1-4-7-5-3-6/h8H,1-5H2. The Bertz CT molecular complexity index is 73.4. The highest BCUT2D eigenvalue weighted by Crippen LogP contribution is 2.14. The van der Waals surface area contributed by atoms with Gasteiger partial charge in [0.2, 0.25) is 0 Å². The van der Waals surface area contributed by atoms with Crippen molar-refractivity contribution in [1.29, 1.82) is 0 Å². The normalized spacial score (nSPS) is 23.7. The van der Waals surface area contributed by atoms with Crippen molar-refractivity contribution in [3.8, 4) is 0 Å². The van der Waals surface area contributed by atoms with Crippen LogP contribution in [0.25, 0.3) is 0 Å². The number of ether oxygens (including phenoxy) is 1. The highest BCUT2D eigenvalue weighted by molar-refractivity contribution is 8.67. The highest BCUT2D eigenvalue weighted by Gasteiger charge is 2.06. The second-order valence-electron chi connectivity index (χ2n) is 1.98. The molecular weight excluding hydrogens is 154 g/mol. The van der Waals surface area contributed by atoms with Crippen molar-refractivity contribution in [2.75, 3.05) is 26.3 Å². The average Bonchev–Trinajstić information content (AvgIpc) is 2.13. The third kappa shape index (κ3) is 2.80. The fraction of sp³-hybridized carbons (Fsp3) is 1.00. The summed E-state index contributed by atoms with van der Waals surface area (Å²) in [5, 5.41) is 0. The van der Waals surface area contributed by atoms with Crippen LogP contribution >= 0.6 is 22.6 Å². The van der Waals surface area contributed by atoms with Gasteiger partial charge < -0.3 is 4.74 Å². The molecule has 2 nitrogen and oxygen atoms in total. The van der Waals surface area contributed by atoms with Crippen LogP contribution in [0.3, 0.4) is 0 Å². The van der Waals surface area contributed by atoms with E-state index in [-0.39, 0.29) is 0 Å². The van der Waals surface area contributed by atoms with Gasteiger partial charge in [-0.1, -0.05) is 11.7 Å². The second kappa shape index (κ2) is 4.44. The van der Waals surface area contributed by atoms with Crippen LogP contribution in [0, 0.1) is 0 Å². The molecule has 0 aliphatic carbocycles. The predicted octanol–water partition coefficient (Wildman–Crippen LogP) is 1.20. The van der Waals surface area contributed by atoms with Crippen LogP contribution in [0.5, 0.6) is 0 Å². The van der Waals surface area contributed by atoms with E-state index in [4.69, 9.17) is 4.74 Å². The van der Waals surface area contributed by atoms with Gasteiger partial charge in [-0.15, -0.1) is 0 Å². The van der Waals surface area contributed by atoms with Crippen molar-refractivity contribution < 1.29 is 4.74 Å². The monoisotopic (exact) mass is 165 g/mol. The van der Waals surface area contributed by atoms with E-state index in [9.17, 15) is 0 Å². The minimum atomic E-state index is 0.855. The fourth-order valence-corrected chi connectivity index (χ4v) is 1.66. The molecule has 4 heteroatoms. The predicted molar refractivity (Wildman–Crippen MR) is 43.6 cm³/mol. The lowest BCUT2D eigenvalue weighted by Crippen LogP contribution is -2.16. The Hall–Kier alpha value is 0.620. The quantitative estimate of drug-likeness (QED) is 0.356. The molecule has 0 bridgehead atoms. The first-order valence-corrected chi connectivity index (χ1v) is 4.90. The van der Waals surface area contributed by atoms with Crippen LogP contribution in [-0.4, -0.2) is 30.6 Å². The van der Waals surface area contributed by atoms with Crippen molar-refractivity contribution >= 4 is 22.6 Å². The van der Waals surface area contributed by atoms with E-state index >= 15 is 0 Å². The summed E-state index contributed by atoms with van der Waals surface area (Å²) in [6, 6.07) is 0. The Labute approximate surface area is 64.9 Å². The van der Waals surface area contributed by atoms with Crippen molar-refractivity contribution in [3.05, 3.63) is 0 Å². The molecule has 1 saturated heterocycles. The lowest BCUT2D eigenvalue weighted by molar-refractivity contribution is 0.149. The van der Waals surface area contributed by atoms with Gasteiger partial charge in [-0.2, -0.15) is 0 Å². The van der Waals surface area contributed by atoms with Gasteiger partial charge in [-0.25, -0.2) is 4.31 Å². The molecule has 0 radical (unpaired) electrons. The van der Waals surface area contributed by atoms with Gasteiger partial charge in [0.05, 0.1) is 6.61 Å². The molecule has 0 amide bonds. The van der Waals surface area contributed by atoms with Gasteiger partial charge in [0, 0.05) is 19.7 Å². The Morgan fingerprint density at radius 3 is 3.00 bits per heavy atom. The molecule has 0 spiro atoms. The van der Waals surface area contributed by atoms with Gasteiger partial charge in [0.1, 0.15) is 0 Å². The first kappa shape index (κ1) is 7.72. The van der Waals surface area contributed by atoms with E-state index in [1.807, 2.05) is 0 Å². The van der Waals surface area contributed by atoms with Crippen LogP contribution in [-0.2, 0) is 4.74 Å². The summed E-state index contributed by atoms with van der Waals surface area (Å²) in [5.74, 6) is 0. The van der Waals surface area contributed by atoms with Crippen LogP contribution < -0.4 is 0 Å². The molecule has 1 rings (SSSR count). The molecule has 54 valence electrons. The van der Waals surface area contributed by atoms with E-state index in [1.165, 1.54) is 11.0 Å². The molecule has 0 aromatic heterocycles. The first-order chi connectivity index (χ1) is 4.43. The summed E-state index contributed by atoms with van der Waals surface area (Å²) < 4.78 is 7.44. The zero-order valence-corrected chi connectivity index (χ0v) is 6.96. The van der Waals surface area contributed by atoms with Crippen LogP contribution in [0.1, 0.15) is 6.42 Å². The summed E-state index contributed by atoms with van der Waals surface area (Å²) in [6.07, 6.45) is 1.13. The minimum Gasteiger partial charge on any atom is -0.380 e. The van der Waals surface area contributed by atoms with E-state index < -0.39 is 0 Å². The van der Waals surface area contributed by atoms with Gasteiger partial charge >= 0.3 is 0 Å². The minimum absolute atomic E-state index is 0.855. The Balaban J connectivity index is 2.18. The molecule has 1 aliphatic heterocycles. The summed E-state index contributed by atoms with van der Waals surface area (Å²) in [5.41, 5.74) is 0. The number of thiol groups is 1. The molecule has 0 unspecified atom stereocenters. The fourth-order valence-electron chi connectivity index (χ4n) is 0.805. The van der Waals surface area contributed by atoms with Crippen molar-refractivity contribution in [2.24, 2.45) is 0 Å². The average molecular weight is 165 g/mol. The SMILES string of the molecule is SSN1CCCOCC1. The molecule has 0 N–H and O–H groups in total. The second-order valence-corrected chi connectivity index (χ2v) is 3.15. The Morgan fingerprint density at radius 1 is 1.33 bits per heavy atom. The van der Waals surface area contributed by atoms with Crippen molar-refractivity contribution in [2.45, 2.75) is 6.42 Å². The molecule has 1 aliphatic rings. The summed E-state index contributed by atoms with van der Waals surface area (Å²) in [6.45, 7) is 3.88. The van der Waals surface area contributed by atoms with Crippen LogP contribution in [0.4, 0.5) is 0 Å². The zero-order chi connectivity index (χ0) is 6.53. The van der Waals surface area contributed by atoms with Gasteiger partial charge in [0.25, 0.3) is 0 Å². The van der Waals surface area contributed by atoms with Gasteiger partial charge in [-0.3, -0.25) is 0 Å². The van der Waals surface area contributed by atoms with Crippen molar-refractivity contribution in [1.82, 2.24) is 4.31 Å². The van der Waals surface area contributed by atoms with Crippen LogP contribution in [0.15, 0.2) is 0 Å². The maximum atomic E-state index is 5.24. The Kier molecular flexibility index (Phi) is 3.81. The van der Waals surface area contributed by atoms with E-state index in [1.54, 1.807) is 0 Å². The third-order valence-electron chi connectivity index (χ3n) is 1.30. The molecule has 9 heavy (non-hydrogen) atoms. The molecular formula is C5H11NOS2. The van der Waals surface area contributed by atoms with Gasteiger partial charge in [0.15, 0.2) is 0 Å². The van der Waals surface area contributed by atoms with E-state index in [0.717, 1.165) is 32.7 Å². The number of hydrogen-bond donors (Lipinski definition) is 1. The Morgan fingerprint density at radius 2 is 2.22 bits per heavy atom. The lowest BCUT2D eigenvalue weighted by atomic mass is 10.5. The van der Waals surface area contributed by atoms with Crippen molar-refractivity contribution in [3.63, 3.8) is 0 Å². The van der Waals surface area contributed by atoms with Gasteiger partial charge in [-0.05, 0) is 17.4 Å². The summed E-state index contributed by atoms with van der Waals surface area (Å²) in [7, 11) is 1.51. The molecule has 0 aromatic carbocycles. The van der Waals surface area contributed by atoms with Crippen LogP contribution in [0.2, 0.25) is 0 Å². The molecule has 0 aromatic rings. The smallest absolute Gasteiger partial charge is 0.0603 e. The topological polar surface area (TPSA) is 12.5 Å². The molecule has 1 heterocycles. The largest absolute Gasteiger partial charge is 0.380 e. The zero-order valence-electron chi connectivity index (χ0n) is 5.25. The summed E-state index contributed by atoms with van der Waals surface area (Å²) in [4.78, 5) is 0. The molecule has 1 fully saturated rings. The molecule has 0 atom stereocenters.